The van der Waals surface area contributed by atoms with E-state index in [1.165, 1.54) is 0 Å². The van der Waals surface area contributed by atoms with Crippen LogP contribution in [0.1, 0.15) is 72.9 Å². The van der Waals surface area contributed by atoms with E-state index in [4.69, 9.17) is 0 Å². The molecule has 2 aromatic rings. The van der Waals surface area contributed by atoms with Gasteiger partial charge >= 0.3 is 0 Å². The van der Waals surface area contributed by atoms with Crippen LogP contribution < -0.4 is 15.4 Å². The summed E-state index contributed by atoms with van der Waals surface area (Å²) in [6.07, 6.45) is 0.248. The lowest BCUT2D eigenvalue weighted by Crippen LogP contribution is -2.61. The van der Waals surface area contributed by atoms with E-state index in [1.807, 2.05) is 78.8 Å². The molecular weight excluding hydrogens is 576 g/mol. The molecule has 0 aliphatic carbocycles. The predicted molar refractivity (Wildman–Crippen MR) is 176 cm³/mol. The van der Waals surface area contributed by atoms with Gasteiger partial charge in [-0.2, -0.15) is 0 Å². The van der Waals surface area contributed by atoms with Gasteiger partial charge in [-0.15, -0.1) is 0 Å². The highest BCUT2D eigenvalue weighted by Crippen LogP contribution is 2.29. The quantitative estimate of drug-likeness (QED) is 0.288. The van der Waals surface area contributed by atoms with Crippen molar-refractivity contribution < 1.29 is 22.8 Å². The Bertz CT molecular complexity index is 1360. The standard InChI is InChI=1S/C34H52N4O5S/c1-23(2)27(21-24(3)30(39)37-44(42,43)22-25-17-13-11-14-18-25)38(10)32(41)29(33(4,5)6)36-31(40)28(35-9)34(7,8)26-19-15-12-16-20-26/h11-20,23-24,27-29,35H,21-22H2,1-10H3,(H,36,40)(H,37,39)/t24?,27-,28-,29-/m1/s1. The maximum Gasteiger partial charge on any atom is 0.245 e. The summed E-state index contributed by atoms with van der Waals surface area (Å²) in [4.78, 5) is 42.4. The Hall–Kier alpha value is -3.24. The van der Waals surface area contributed by atoms with Crippen molar-refractivity contribution in [2.75, 3.05) is 14.1 Å². The number of benzene rings is 2. The largest absolute Gasteiger partial charge is 0.342 e. The van der Waals surface area contributed by atoms with Gasteiger partial charge in [-0.05, 0) is 35.9 Å². The highest BCUT2D eigenvalue weighted by molar-refractivity contribution is 7.89. The SMILES string of the molecule is CN[C@H](C(=O)N[C@H](C(=O)N(C)[C@H](CC(C)C(=O)NS(=O)(=O)Cc1ccccc1)C(C)C)C(C)(C)C)C(C)(C)c1ccccc1. The molecule has 0 saturated carbocycles. The number of rotatable bonds is 14. The Balaban J connectivity index is 2.22. The van der Waals surface area contributed by atoms with Crippen molar-refractivity contribution in [3.8, 4) is 0 Å². The van der Waals surface area contributed by atoms with E-state index < -0.39 is 44.8 Å². The summed E-state index contributed by atoms with van der Waals surface area (Å²) in [6, 6.07) is 16.6. The molecule has 0 bridgehead atoms. The van der Waals surface area contributed by atoms with Crippen LogP contribution in [0.2, 0.25) is 0 Å². The van der Waals surface area contributed by atoms with E-state index in [0.29, 0.717) is 5.56 Å². The van der Waals surface area contributed by atoms with Gasteiger partial charge in [-0.25, -0.2) is 8.42 Å². The van der Waals surface area contributed by atoms with Crippen molar-refractivity contribution in [2.24, 2.45) is 17.3 Å². The summed E-state index contributed by atoms with van der Waals surface area (Å²) in [7, 11) is -0.483. The fraction of sp³-hybridized carbons (Fsp3) is 0.559. The van der Waals surface area contributed by atoms with Crippen LogP contribution in [0, 0.1) is 17.3 Å². The van der Waals surface area contributed by atoms with Crippen molar-refractivity contribution in [3.05, 3.63) is 71.8 Å². The molecule has 3 amide bonds. The number of nitrogens with one attached hydrogen (secondary N) is 3. The summed E-state index contributed by atoms with van der Waals surface area (Å²) in [5, 5.41) is 6.19. The lowest BCUT2D eigenvalue weighted by atomic mass is 9.76. The van der Waals surface area contributed by atoms with E-state index in [1.54, 1.807) is 56.3 Å². The molecule has 3 N–H and O–H groups in total. The van der Waals surface area contributed by atoms with Gasteiger partial charge in [0.05, 0.1) is 11.8 Å². The fourth-order valence-corrected chi connectivity index (χ4v) is 6.74. The first kappa shape index (κ1) is 36.9. The molecule has 2 rings (SSSR count). The Morgan fingerprint density at radius 1 is 0.818 bits per heavy atom. The molecule has 0 spiro atoms. The van der Waals surface area contributed by atoms with Crippen molar-refractivity contribution in [1.82, 2.24) is 20.3 Å². The summed E-state index contributed by atoms with van der Waals surface area (Å²) >= 11 is 0. The second-order valence-electron chi connectivity index (χ2n) is 13.7. The third kappa shape index (κ3) is 9.89. The van der Waals surface area contributed by atoms with Crippen molar-refractivity contribution in [1.29, 1.82) is 0 Å². The highest BCUT2D eigenvalue weighted by Gasteiger charge is 2.42. The van der Waals surface area contributed by atoms with Crippen molar-refractivity contribution in [2.45, 2.75) is 91.1 Å². The summed E-state index contributed by atoms with van der Waals surface area (Å²) < 4.78 is 27.6. The van der Waals surface area contributed by atoms with Crippen molar-refractivity contribution >= 4 is 27.7 Å². The van der Waals surface area contributed by atoms with Gasteiger partial charge in [0.15, 0.2) is 0 Å². The van der Waals surface area contributed by atoms with Crippen molar-refractivity contribution in [3.63, 3.8) is 0 Å². The van der Waals surface area contributed by atoms with Gasteiger partial charge in [0, 0.05) is 24.4 Å². The minimum atomic E-state index is -3.89. The van der Waals surface area contributed by atoms with E-state index in [-0.39, 0.29) is 35.9 Å². The average molecular weight is 629 g/mol. The third-order valence-corrected chi connectivity index (χ3v) is 9.53. The summed E-state index contributed by atoms with van der Waals surface area (Å²) in [5.41, 5.74) is 0.380. The molecule has 0 aliphatic heterocycles. The number of hydrogen-bond acceptors (Lipinski definition) is 6. The van der Waals surface area contributed by atoms with E-state index in [0.717, 1.165) is 5.56 Å². The van der Waals surface area contributed by atoms with E-state index in [9.17, 15) is 22.8 Å². The maximum atomic E-state index is 14.1. The first-order chi connectivity index (χ1) is 20.3. The number of carbonyl (C=O) groups excluding carboxylic acids is 3. The third-order valence-electron chi connectivity index (χ3n) is 8.30. The fourth-order valence-electron chi connectivity index (χ4n) is 5.53. The molecule has 0 heterocycles. The molecule has 1 unspecified atom stereocenters. The Morgan fingerprint density at radius 2 is 1.34 bits per heavy atom. The minimum Gasteiger partial charge on any atom is -0.342 e. The molecule has 0 fully saturated rings. The van der Waals surface area contributed by atoms with Crippen LogP contribution in [0.3, 0.4) is 0 Å². The summed E-state index contributed by atoms with van der Waals surface area (Å²) in [6.45, 7) is 15.3. The molecule has 0 aliphatic rings. The van der Waals surface area contributed by atoms with Gasteiger partial charge in [-0.3, -0.25) is 19.1 Å². The molecule has 244 valence electrons. The maximum absolute atomic E-state index is 14.1. The number of nitrogens with zero attached hydrogens (tertiary/aromatic N) is 1. The van der Waals surface area contributed by atoms with Crippen LogP contribution in [0.4, 0.5) is 0 Å². The topological polar surface area (TPSA) is 125 Å². The summed E-state index contributed by atoms with van der Waals surface area (Å²) in [5.74, 6) is -2.22. The van der Waals surface area contributed by atoms with Gasteiger partial charge in [0.2, 0.25) is 27.7 Å². The molecular formula is C34H52N4O5S. The molecule has 10 heteroatoms. The van der Waals surface area contributed by atoms with Crippen LogP contribution in [-0.4, -0.2) is 63.3 Å². The lowest BCUT2D eigenvalue weighted by molar-refractivity contribution is -0.142. The monoisotopic (exact) mass is 628 g/mol. The van der Waals surface area contributed by atoms with Crippen LogP contribution in [0.25, 0.3) is 0 Å². The molecule has 4 atom stereocenters. The van der Waals surface area contributed by atoms with E-state index >= 15 is 0 Å². The molecule has 44 heavy (non-hydrogen) atoms. The average Bonchev–Trinajstić information content (AvgIpc) is 2.93. The smallest absolute Gasteiger partial charge is 0.245 e. The van der Waals surface area contributed by atoms with Gasteiger partial charge < -0.3 is 15.5 Å². The van der Waals surface area contributed by atoms with Crippen LogP contribution in [-0.2, 0) is 35.6 Å². The Morgan fingerprint density at radius 3 is 1.82 bits per heavy atom. The van der Waals surface area contributed by atoms with Crippen LogP contribution in [0.15, 0.2) is 60.7 Å². The highest BCUT2D eigenvalue weighted by atomic mass is 32.2. The number of sulfonamides is 1. The van der Waals surface area contributed by atoms with Crippen LogP contribution in [0.5, 0.6) is 0 Å². The second kappa shape index (κ2) is 15.2. The first-order valence-corrected chi connectivity index (χ1v) is 16.8. The Labute approximate surface area is 264 Å². The number of amides is 3. The molecule has 0 radical (unpaired) electrons. The predicted octanol–water partition coefficient (Wildman–Crippen LogP) is 4.24. The van der Waals surface area contributed by atoms with Gasteiger partial charge in [0.1, 0.15) is 6.04 Å². The van der Waals surface area contributed by atoms with Crippen LogP contribution >= 0.6 is 0 Å². The normalized spacial score (nSPS) is 15.2. The minimum absolute atomic E-state index is 0.0430. The number of hydrogen-bond donors (Lipinski definition) is 3. The van der Waals surface area contributed by atoms with Gasteiger partial charge in [-0.1, -0.05) is 116 Å². The zero-order chi connectivity index (χ0) is 33.5. The second-order valence-corrected chi connectivity index (χ2v) is 15.4. The van der Waals surface area contributed by atoms with E-state index in [2.05, 4.69) is 15.4 Å². The molecule has 0 saturated heterocycles. The number of likely N-dealkylation sites (N-methyl/N-ethyl adjacent to an activating group) is 2. The zero-order valence-corrected chi connectivity index (χ0v) is 28.8. The first-order valence-electron chi connectivity index (χ1n) is 15.2. The molecule has 0 aromatic heterocycles. The Kier molecular flexibility index (Phi) is 12.7. The molecule has 2 aromatic carbocycles. The zero-order valence-electron chi connectivity index (χ0n) is 28.0. The number of carbonyl (C=O) groups is 3. The molecule has 9 nitrogen and oxygen atoms in total. The van der Waals surface area contributed by atoms with Gasteiger partial charge in [0.25, 0.3) is 0 Å². The lowest BCUT2D eigenvalue weighted by Gasteiger charge is -2.40.